The lowest BCUT2D eigenvalue weighted by Crippen LogP contribution is -2.32. The predicted octanol–water partition coefficient (Wildman–Crippen LogP) is 3.09. The van der Waals surface area contributed by atoms with Crippen LogP contribution < -0.4 is 0 Å². The molecule has 124 valence electrons. The van der Waals surface area contributed by atoms with Gasteiger partial charge in [0, 0.05) is 30.1 Å². The van der Waals surface area contributed by atoms with Crippen LogP contribution in [0.3, 0.4) is 0 Å². The zero-order valence-corrected chi connectivity index (χ0v) is 15.1. The van der Waals surface area contributed by atoms with E-state index < -0.39 is 12.0 Å². The number of hydrogen-bond acceptors (Lipinski definition) is 4. The van der Waals surface area contributed by atoms with Crippen LogP contribution in [0.25, 0.3) is 0 Å². The maximum atomic E-state index is 12.3. The van der Waals surface area contributed by atoms with Crippen molar-refractivity contribution in [1.29, 1.82) is 0 Å². The van der Waals surface area contributed by atoms with Gasteiger partial charge in [0.25, 0.3) is 0 Å². The van der Waals surface area contributed by atoms with Crippen molar-refractivity contribution in [1.82, 2.24) is 4.90 Å². The summed E-state index contributed by atoms with van der Waals surface area (Å²) < 4.78 is 0.902. The number of nitrogens with zero attached hydrogens (tertiary/aromatic N) is 1. The van der Waals surface area contributed by atoms with Crippen molar-refractivity contribution in [2.75, 3.05) is 12.3 Å². The first-order valence-electron chi connectivity index (χ1n) is 7.27. The second-order valence-corrected chi connectivity index (χ2v) is 7.70. The molecule has 2 rings (SSSR count). The molecule has 1 aromatic carbocycles. The first kappa shape index (κ1) is 18.0. The number of rotatable bonds is 6. The standard InChI is InChI=1S/C16H18BrNO4S/c1-10(19)23-9-11-6-15(20)18(8-11)14(7-16(21)22)12-2-4-13(17)5-3-12/h2-5,11,14H,6-9H2,1H3,(H,21,22). The number of thioether (sulfide) groups is 1. The third-order valence-corrected chi connectivity index (χ3v) is 5.33. The summed E-state index contributed by atoms with van der Waals surface area (Å²) in [4.78, 5) is 36.3. The minimum atomic E-state index is -0.938. The highest BCUT2D eigenvalue weighted by molar-refractivity contribution is 9.10. The van der Waals surface area contributed by atoms with Crippen molar-refractivity contribution in [3.63, 3.8) is 0 Å². The summed E-state index contributed by atoms with van der Waals surface area (Å²) in [6, 6.07) is 6.88. The molecule has 5 nitrogen and oxygen atoms in total. The molecule has 2 unspecified atom stereocenters. The molecule has 1 heterocycles. The van der Waals surface area contributed by atoms with Gasteiger partial charge in [-0.2, -0.15) is 0 Å². The number of carbonyl (C=O) groups is 3. The van der Waals surface area contributed by atoms with E-state index in [0.717, 1.165) is 10.0 Å². The van der Waals surface area contributed by atoms with Crippen LogP contribution in [0.2, 0.25) is 0 Å². The van der Waals surface area contributed by atoms with Crippen LogP contribution in [0.5, 0.6) is 0 Å². The molecule has 1 aliphatic heterocycles. The van der Waals surface area contributed by atoms with E-state index in [1.54, 1.807) is 4.90 Å². The minimum absolute atomic E-state index is 0.0332. The van der Waals surface area contributed by atoms with E-state index in [1.807, 2.05) is 24.3 Å². The van der Waals surface area contributed by atoms with Gasteiger partial charge in [0.1, 0.15) is 0 Å². The average molecular weight is 400 g/mol. The zero-order valence-electron chi connectivity index (χ0n) is 12.7. The lowest BCUT2D eigenvalue weighted by molar-refractivity contribution is -0.140. The molecule has 1 fully saturated rings. The number of aliphatic carboxylic acids is 1. The van der Waals surface area contributed by atoms with Gasteiger partial charge in [0.2, 0.25) is 5.91 Å². The fourth-order valence-electron chi connectivity index (χ4n) is 2.71. The SMILES string of the molecule is CC(=O)SCC1CC(=O)N(C(CC(=O)O)c2ccc(Br)cc2)C1. The third-order valence-electron chi connectivity index (χ3n) is 3.76. The van der Waals surface area contributed by atoms with Crippen LogP contribution in [0.15, 0.2) is 28.7 Å². The second kappa shape index (κ2) is 7.97. The van der Waals surface area contributed by atoms with E-state index in [2.05, 4.69) is 15.9 Å². The van der Waals surface area contributed by atoms with Crippen LogP contribution in [-0.2, 0) is 14.4 Å². The van der Waals surface area contributed by atoms with Gasteiger partial charge in [-0.05, 0) is 23.6 Å². The number of amides is 1. The largest absolute Gasteiger partial charge is 0.481 e. The van der Waals surface area contributed by atoms with Gasteiger partial charge in [-0.25, -0.2) is 0 Å². The molecule has 7 heteroatoms. The Hall–Kier alpha value is -1.34. The highest BCUT2D eigenvalue weighted by Gasteiger charge is 2.36. The Morgan fingerprint density at radius 1 is 1.39 bits per heavy atom. The summed E-state index contributed by atoms with van der Waals surface area (Å²) in [5.74, 6) is -0.304. The van der Waals surface area contributed by atoms with E-state index in [-0.39, 0.29) is 23.4 Å². The number of carbonyl (C=O) groups excluding carboxylic acids is 2. The summed E-state index contributed by atoms with van der Waals surface area (Å²) in [6.07, 6.45) is 0.243. The predicted molar refractivity (Wildman–Crippen MR) is 92.1 cm³/mol. The lowest BCUT2D eigenvalue weighted by Gasteiger charge is -2.27. The highest BCUT2D eigenvalue weighted by atomic mass is 79.9. The second-order valence-electron chi connectivity index (χ2n) is 5.58. The Labute approximate surface area is 147 Å². The van der Waals surface area contributed by atoms with Gasteiger partial charge in [0.15, 0.2) is 5.12 Å². The van der Waals surface area contributed by atoms with Crippen molar-refractivity contribution in [2.24, 2.45) is 5.92 Å². The zero-order chi connectivity index (χ0) is 17.0. The summed E-state index contributed by atoms with van der Waals surface area (Å²) in [5.41, 5.74) is 0.809. The molecule has 0 saturated carbocycles. The van der Waals surface area contributed by atoms with E-state index >= 15 is 0 Å². The maximum Gasteiger partial charge on any atom is 0.305 e. The Morgan fingerprint density at radius 2 is 2.04 bits per heavy atom. The minimum Gasteiger partial charge on any atom is -0.481 e. The van der Waals surface area contributed by atoms with Gasteiger partial charge in [-0.15, -0.1) is 0 Å². The molecule has 0 aromatic heterocycles. The Balaban J connectivity index is 2.15. The molecule has 1 aromatic rings. The fraction of sp³-hybridized carbons (Fsp3) is 0.438. The van der Waals surface area contributed by atoms with Crippen LogP contribution in [0, 0.1) is 5.92 Å². The summed E-state index contributed by atoms with van der Waals surface area (Å²) in [6.45, 7) is 2.00. The molecule has 0 radical (unpaired) electrons. The number of benzene rings is 1. The topological polar surface area (TPSA) is 74.7 Å². The van der Waals surface area contributed by atoms with E-state index in [4.69, 9.17) is 0 Å². The van der Waals surface area contributed by atoms with Gasteiger partial charge in [-0.1, -0.05) is 39.8 Å². The lowest BCUT2D eigenvalue weighted by atomic mass is 10.0. The molecule has 1 saturated heterocycles. The molecule has 0 bridgehead atoms. The third kappa shape index (κ3) is 5.07. The molecule has 2 atom stereocenters. The Kier molecular flexibility index (Phi) is 6.24. The molecule has 23 heavy (non-hydrogen) atoms. The number of hydrogen-bond donors (Lipinski definition) is 1. The van der Waals surface area contributed by atoms with Gasteiger partial charge in [-0.3, -0.25) is 14.4 Å². The molecule has 0 spiro atoms. The van der Waals surface area contributed by atoms with Gasteiger partial charge < -0.3 is 10.0 Å². The molecule has 1 aliphatic rings. The van der Waals surface area contributed by atoms with Gasteiger partial charge >= 0.3 is 5.97 Å². The van der Waals surface area contributed by atoms with Crippen LogP contribution in [0.1, 0.15) is 31.4 Å². The normalized spacial score (nSPS) is 19.0. The number of halogens is 1. The number of carboxylic acid groups (broad SMARTS) is 1. The summed E-state index contributed by atoms with van der Waals surface area (Å²) >= 11 is 4.57. The fourth-order valence-corrected chi connectivity index (χ4v) is 3.67. The van der Waals surface area contributed by atoms with Gasteiger partial charge in [0.05, 0.1) is 12.5 Å². The number of likely N-dealkylation sites (tertiary alicyclic amines) is 1. The summed E-state index contributed by atoms with van der Waals surface area (Å²) in [5, 5.41) is 9.23. The van der Waals surface area contributed by atoms with Crippen LogP contribution in [-0.4, -0.2) is 39.3 Å². The summed E-state index contributed by atoms with van der Waals surface area (Å²) in [7, 11) is 0. The highest BCUT2D eigenvalue weighted by Crippen LogP contribution is 2.33. The van der Waals surface area contributed by atoms with Crippen LogP contribution in [0.4, 0.5) is 0 Å². The monoisotopic (exact) mass is 399 g/mol. The van der Waals surface area contributed by atoms with Crippen molar-refractivity contribution >= 4 is 44.7 Å². The number of carboxylic acids is 1. The van der Waals surface area contributed by atoms with E-state index in [9.17, 15) is 19.5 Å². The average Bonchev–Trinajstić information content (AvgIpc) is 2.84. The molecule has 1 amide bonds. The first-order valence-corrected chi connectivity index (χ1v) is 9.04. The molecule has 0 aliphatic carbocycles. The quantitative estimate of drug-likeness (QED) is 0.795. The van der Waals surface area contributed by atoms with E-state index in [1.165, 1.54) is 18.7 Å². The Morgan fingerprint density at radius 3 is 2.61 bits per heavy atom. The Bertz CT molecular complexity index is 605. The van der Waals surface area contributed by atoms with Crippen molar-refractivity contribution in [3.8, 4) is 0 Å². The van der Waals surface area contributed by atoms with Crippen molar-refractivity contribution in [2.45, 2.75) is 25.8 Å². The molecular formula is C16H18BrNO4S. The van der Waals surface area contributed by atoms with Crippen LogP contribution >= 0.6 is 27.7 Å². The van der Waals surface area contributed by atoms with Crippen molar-refractivity contribution < 1.29 is 19.5 Å². The van der Waals surface area contributed by atoms with Crippen molar-refractivity contribution in [3.05, 3.63) is 34.3 Å². The first-order chi connectivity index (χ1) is 10.9. The molecule has 1 N–H and O–H groups in total. The molecular weight excluding hydrogens is 382 g/mol. The smallest absolute Gasteiger partial charge is 0.305 e. The maximum absolute atomic E-state index is 12.3. The van der Waals surface area contributed by atoms with E-state index in [0.29, 0.717) is 18.7 Å².